The van der Waals surface area contributed by atoms with Crippen LogP contribution >= 0.6 is 0 Å². The van der Waals surface area contributed by atoms with E-state index in [1.165, 1.54) is 43.2 Å². The maximum atomic E-state index is 5.46. The molecule has 4 rings (SSSR count). The van der Waals surface area contributed by atoms with E-state index in [1.54, 1.807) is 0 Å². The van der Waals surface area contributed by atoms with Gasteiger partial charge in [0.2, 0.25) is 5.82 Å². The zero-order valence-electron chi connectivity index (χ0n) is 19.6. The quantitative estimate of drug-likeness (QED) is 0.414. The summed E-state index contributed by atoms with van der Waals surface area (Å²) in [4.78, 5) is 6.99. The Morgan fingerprint density at radius 2 is 1.81 bits per heavy atom. The van der Waals surface area contributed by atoms with Crippen LogP contribution in [0.3, 0.4) is 0 Å². The molecule has 1 saturated carbocycles. The van der Waals surface area contributed by atoms with Crippen molar-refractivity contribution in [3.05, 3.63) is 77.7 Å². The topological polar surface area (TPSA) is 42.2 Å². The van der Waals surface area contributed by atoms with Crippen molar-refractivity contribution >= 4 is 6.08 Å². The molecule has 1 fully saturated rings. The fraction of sp³-hybridized carbons (Fsp3) is 0.429. The van der Waals surface area contributed by atoms with Crippen molar-refractivity contribution in [1.29, 1.82) is 0 Å². The van der Waals surface area contributed by atoms with Crippen LogP contribution in [-0.2, 0) is 6.42 Å². The zero-order chi connectivity index (χ0) is 22.3. The van der Waals surface area contributed by atoms with Gasteiger partial charge in [-0.15, -0.1) is 0 Å². The minimum Gasteiger partial charge on any atom is -0.334 e. The summed E-state index contributed by atoms with van der Waals surface area (Å²) in [6.07, 6.45) is 11.7. The summed E-state index contributed by atoms with van der Waals surface area (Å²) >= 11 is 0. The molecule has 0 amide bonds. The Labute approximate surface area is 192 Å². The van der Waals surface area contributed by atoms with Gasteiger partial charge in [0.25, 0.3) is 5.89 Å². The van der Waals surface area contributed by atoms with Crippen LogP contribution in [0.5, 0.6) is 0 Å². The van der Waals surface area contributed by atoms with E-state index in [0.29, 0.717) is 23.7 Å². The molecule has 0 bridgehead atoms. The smallest absolute Gasteiger partial charge is 0.250 e. The number of rotatable bonds is 8. The summed E-state index contributed by atoms with van der Waals surface area (Å²) < 4.78 is 5.46. The van der Waals surface area contributed by atoms with Gasteiger partial charge in [0.05, 0.1) is 0 Å². The number of aromatic nitrogens is 2. The van der Waals surface area contributed by atoms with E-state index >= 15 is 0 Å². The molecule has 2 aromatic carbocycles. The average molecular weight is 430 g/mol. The number of aryl methyl sites for hydroxylation is 2. The minimum absolute atomic E-state index is 0.595. The molecule has 4 nitrogen and oxygen atoms in total. The summed E-state index contributed by atoms with van der Waals surface area (Å²) in [7, 11) is 4.48. The fourth-order valence-corrected chi connectivity index (χ4v) is 5.02. The largest absolute Gasteiger partial charge is 0.334 e. The lowest BCUT2D eigenvalue weighted by molar-refractivity contribution is 0.150. The average Bonchev–Trinajstić information content (AvgIpc) is 3.28. The molecule has 1 aliphatic rings. The summed E-state index contributed by atoms with van der Waals surface area (Å²) in [5, 5.41) is 4.15. The molecule has 1 atom stereocenters. The molecule has 0 saturated heterocycles. The van der Waals surface area contributed by atoms with E-state index in [-0.39, 0.29) is 0 Å². The molecule has 3 aromatic rings. The predicted molar refractivity (Wildman–Crippen MR) is 131 cm³/mol. The molecule has 1 aromatic heterocycles. The standard InChI is InChI=1S/C28H35N3O/c1-21-8-7-11-25(20-21)28-29-27(32-30-28)19-15-23-12-16-24(17-13-23)26(31(2)3)18-14-22-9-5-4-6-10-22/h4-11,15,19-20,23-24,26H,12-14,16-18H2,1-3H3. The summed E-state index contributed by atoms with van der Waals surface area (Å²) in [6.45, 7) is 2.07. The molecule has 0 N–H and O–H groups in total. The molecule has 168 valence electrons. The molecule has 4 heteroatoms. The number of hydrogen-bond acceptors (Lipinski definition) is 4. The first-order chi connectivity index (χ1) is 15.6. The first-order valence-electron chi connectivity index (χ1n) is 11.9. The van der Waals surface area contributed by atoms with Crippen LogP contribution in [0.15, 0.2) is 65.2 Å². The molecular weight excluding hydrogens is 394 g/mol. The third kappa shape index (κ3) is 5.95. The molecule has 1 unspecified atom stereocenters. The predicted octanol–water partition coefficient (Wildman–Crippen LogP) is 6.43. The maximum absolute atomic E-state index is 5.46. The van der Waals surface area contributed by atoms with Gasteiger partial charge >= 0.3 is 0 Å². The highest BCUT2D eigenvalue weighted by Crippen LogP contribution is 2.34. The number of benzene rings is 2. The van der Waals surface area contributed by atoms with Gasteiger partial charge in [0.15, 0.2) is 0 Å². The van der Waals surface area contributed by atoms with Crippen molar-refractivity contribution in [3.63, 3.8) is 0 Å². The second-order valence-electron chi connectivity index (χ2n) is 9.41. The number of allylic oxidation sites excluding steroid dienone is 1. The summed E-state index contributed by atoms with van der Waals surface area (Å²) in [6, 6.07) is 19.7. The summed E-state index contributed by atoms with van der Waals surface area (Å²) in [5.41, 5.74) is 3.64. The van der Waals surface area contributed by atoms with E-state index in [4.69, 9.17) is 4.52 Å². The van der Waals surface area contributed by atoms with Crippen LogP contribution in [0.1, 0.15) is 49.1 Å². The lowest BCUT2D eigenvalue weighted by Gasteiger charge is -2.37. The van der Waals surface area contributed by atoms with Crippen LogP contribution < -0.4 is 0 Å². The van der Waals surface area contributed by atoms with E-state index < -0.39 is 0 Å². The van der Waals surface area contributed by atoms with Gasteiger partial charge < -0.3 is 9.42 Å². The monoisotopic (exact) mass is 429 g/mol. The Kier molecular flexibility index (Phi) is 7.54. The van der Waals surface area contributed by atoms with Gasteiger partial charge in [-0.25, -0.2) is 0 Å². The van der Waals surface area contributed by atoms with E-state index in [1.807, 2.05) is 18.2 Å². The van der Waals surface area contributed by atoms with Crippen molar-refractivity contribution in [2.45, 2.75) is 51.5 Å². The van der Waals surface area contributed by atoms with E-state index in [2.05, 4.69) is 84.6 Å². The third-order valence-electron chi connectivity index (χ3n) is 6.82. The number of nitrogens with zero attached hydrogens (tertiary/aromatic N) is 3. The van der Waals surface area contributed by atoms with Gasteiger partial charge in [-0.3, -0.25) is 0 Å². The zero-order valence-corrected chi connectivity index (χ0v) is 19.6. The van der Waals surface area contributed by atoms with Crippen LogP contribution in [0, 0.1) is 18.8 Å². The van der Waals surface area contributed by atoms with Gasteiger partial charge in [-0.1, -0.05) is 65.3 Å². The van der Waals surface area contributed by atoms with Crippen molar-refractivity contribution in [2.75, 3.05) is 14.1 Å². The van der Waals surface area contributed by atoms with Crippen LogP contribution in [0.4, 0.5) is 0 Å². The van der Waals surface area contributed by atoms with Gasteiger partial charge in [-0.2, -0.15) is 4.98 Å². The summed E-state index contributed by atoms with van der Waals surface area (Å²) in [5.74, 6) is 2.62. The molecule has 1 aliphatic carbocycles. The molecule has 1 heterocycles. The fourth-order valence-electron chi connectivity index (χ4n) is 5.02. The van der Waals surface area contributed by atoms with Crippen LogP contribution in [0.25, 0.3) is 17.5 Å². The Balaban J connectivity index is 1.29. The molecule has 0 spiro atoms. The molecule has 0 aliphatic heterocycles. The lowest BCUT2D eigenvalue weighted by atomic mass is 9.76. The number of hydrogen-bond donors (Lipinski definition) is 0. The van der Waals surface area contributed by atoms with Crippen molar-refractivity contribution in [2.24, 2.45) is 11.8 Å². The highest BCUT2D eigenvalue weighted by Gasteiger charge is 2.28. The normalized spacial score (nSPS) is 20.1. The molecular formula is C28H35N3O. The van der Waals surface area contributed by atoms with E-state index in [9.17, 15) is 0 Å². The first kappa shape index (κ1) is 22.5. The SMILES string of the molecule is Cc1cccc(-c2noc(C=CC3CCC(C(CCc4ccccc4)N(C)C)CC3)n2)c1. The van der Waals surface area contributed by atoms with Gasteiger partial charge in [0.1, 0.15) is 0 Å². The Bertz CT molecular complexity index is 1000. The molecule has 32 heavy (non-hydrogen) atoms. The Morgan fingerprint density at radius 3 is 2.53 bits per heavy atom. The van der Waals surface area contributed by atoms with Gasteiger partial charge in [0, 0.05) is 11.6 Å². The highest BCUT2D eigenvalue weighted by atomic mass is 16.5. The van der Waals surface area contributed by atoms with Crippen molar-refractivity contribution in [3.8, 4) is 11.4 Å². The first-order valence-corrected chi connectivity index (χ1v) is 11.9. The second-order valence-corrected chi connectivity index (χ2v) is 9.41. The third-order valence-corrected chi connectivity index (χ3v) is 6.82. The van der Waals surface area contributed by atoms with Crippen molar-refractivity contribution in [1.82, 2.24) is 15.0 Å². The van der Waals surface area contributed by atoms with E-state index in [0.717, 1.165) is 17.9 Å². The maximum Gasteiger partial charge on any atom is 0.250 e. The Hall–Kier alpha value is -2.72. The van der Waals surface area contributed by atoms with Crippen LogP contribution in [-0.4, -0.2) is 35.2 Å². The second kappa shape index (κ2) is 10.7. The van der Waals surface area contributed by atoms with Crippen molar-refractivity contribution < 1.29 is 4.52 Å². The van der Waals surface area contributed by atoms with Crippen LogP contribution in [0.2, 0.25) is 0 Å². The molecule has 0 radical (unpaired) electrons. The van der Waals surface area contributed by atoms with Gasteiger partial charge in [-0.05, 0) is 89.1 Å². The lowest BCUT2D eigenvalue weighted by Crippen LogP contribution is -2.37. The minimum atomic E-state index is 0.595. The highest BCUT2D eigenvalue weighted by molar-refractivity contribution is 5.56. The Morgan fingerprint density at radius 1 is 1.03 bits per heavy atom.